The van der Waals surface area contributed by atoms with Crippen molar-refractivity contribution in [2.24, 2.45) is 5.92 Å². The molecule has 1 aliphatic carbocycles. The largest absolute Gasteiger partial charge is 0.401 e. The highest BCUT2D eigenvalue weighted by atomic mass is 19.4. The van der Waals surface area contributed by atoms with E-state index in [0.29, 0.717) is 25.4 Å². The highest BCUT2D eigenvalue weighted by Gasteiger charge is 2.41. The van der Waals surface area contributed by atoms with Crippen molar-refractivity contribution in [2.75, 3.05) is 19.6 Å². The van der Waals surface area contributed by atoms with E-state index in [1.165, 1.54) is 0 Å². The highest BCUT2D eigenvalue weighted by Crippen LogP contribution is 2.35. The van der Waals surface area contributed by atoms with Crippen molar-refractivity contribution in [3.63, 3.8) is 0 Å². The van der Waals surface area contributed by atoms with Gasteiger partial charge in [0, 0.05) is 25.2 Å². The fraction of sp³-hybridized carbons (Fsp3) is 0.625. The molecule has 116 valence electrons. The second kappa shape index (κ2) is 5.97. The number of hydrogen-bond donors (Lipinski definition) is 1. The van der Waals surface area contributed by atoms with Crippen LogP contribution < -0.4 is 5.32 Å². The minimum atomic E-state index is -4.12. The predicted molar refractivity (Wildman–Crippen MR) is 76.1 cm³/mol. The summed E-state index contributed by atoms with van der Waals surface area (Å²) >= 11 is 0. The van der Waals surface area contributed by atoms with Crippen LogP contribution in [0.25, 0.3) is 0 Å². The van der Waals surface area contributed by atoms with Crippen molar-refractivity contribution >= 4 is 0 Å². The topological polar surface area (TPSA) is 15.3 Å². The zero-order valence-corrected chi connectivity index (χ0v) is 11.9. The van der Waals surface area contributed by atoms with Gasteiger partial charge in [0.2, 0.25) is 0 Å². The summed E-state index contributed by atoms with van der Waals surface area (Å²) in [6.07, 6.45) is -1.15. The van der Waals surface area contributed by atoms with E-state index in [1.54, 1.807) is 4.90 Å². The third kappa shape index (κ3) is 4.20. The Balaban J connectivity index is 1.67. The van der Waals surface area contributed by atoms with Gasteiger partial charge in [-0.1, -0.05) is 30.3 Å². The van der Waals surface area contributed by atoms with Crippen molar-refractivity contribution in [3.05, 3.63) is 35.9 Å². The summed E-state index contributed by atoms with van der Waals surface area (Å²) < 4.78 is 38.5. The summed E-state index contributed by atoms with van der Waals surface area (Å²) in [6.45, 7) is 0.364. The van der Waals surface area contributed by atoms with Gasteiger partial charge in [0.15, 0.2) is 0 Å². The summed E-state index contributed by atoms with van der Waals surface area (Å²) in [5.41, 5.74) is 1.10. The van der Waals surface area contributed by atoms with Crippen LogP contribution >= 0.6 is 0 Å². The molecule has 0 aromatic heterocycles. The molecule has 2 atom stereocenters. The van der Waals surface area contributed by atoms with Crippen molar-refractivity contribution in [3.8, 4) is 0 Å². The number of halogens is 3. The maximum absolute atomic E-state index is 12.8. The molecule has 0 amide bonds. The van der Waals surface area contributed by atoms with Crippen molar-refractivity contribution in [2.45, 2.75) is 37.5 Å². The minimum Gasteiger partial charge on any atom is -0.311 e. The molecule has 0 bridgehead atoms. The third-order valence-corrected chi connectivity index (χ3v) is 4.45. The van der Waals surface area contributed by atoms with E-state index >= 15 is 0 Å². The third-order valence-electron chi connectivity index (χ3n) is 4.45. The van der Waals surface area contributed by atoms with E-state index in [1.807, 2.05) is 30.3 Å². The normalized spacial score (nSPS) is 27.8. The number of benzene rings is 1. The molecule has 2 aliphatic rings. The molecule has 1 aliphatic heterocycles. The standard InChI is InChI=1S/C16H21F3N2/c17-16(18,19)11-21-10-15(13-6-7-13)20-9-14(21)8-12-4-2-1-3-5-12/h1-5,13-15,20H,6-11H2. The molecular formula is C16H21F3N2. The maximum Gasteiger partial charge on any atom is 0.401 e. The zero-order valence-electron chi connectivity index (χ0n) is 11.9. The second-order valence-electron chi connectivity index (χ2n) is 6.24. The number of alkyl halides is 3. The predicted octanol–water partition coefficient (Wildman–Crippen LogP) is 2.84. The van der Waals surface area contributed by atoms with Gasteiger partial charge in [-0.15, -0.1) is 0 Å². The van der Waals surface area contributed by atoms with Gasteiger partial charge in [-0.3, -0.25) is 4.90 Å². The molecule has 1 aromatic carbocycles. The number of hydrogen-bond acceptors (Lipinski definition) is 2. The van der Waals surface area contributed by atoms with Gasteiger partial charge in [-0.2, -0.15) is 13.2 Å². The molecule has 1 saturated carbocycles. The Morgan fingerprint density at radius 2 is 1.86 bits per heavy atom. The van der Waals surface area contributed by atoms with Gasteiger partial charge < -0.3 is 5.32 Å². The first-order valence-corrected chi connectivity index (χ1v) is 7.59. The molecule has 5 heteroatoms. The van der Waals surface area contributed by atoms with E-state index in [0.717, 1.165) is 18.4 Å². The lowest BCUT2D eigenvalue weighted by atomic mass is 9.99. The number of piperazine rings is 1. The molecular weight excluding hydrogens is 277 g/mol. The quantitative estimate of drug-likeness (QED) is 0.919. The molecule has 0 radical (unpaired) electrons. The van der Waals surface area contributed by atoms with Crippen LogP contribution in [0.2, 0.25) is 0 Å². The van der Waals surface area contributed by atoms with Crippen LogP contribution in [-0.4, -0.2) is 42.8 Å². The lowest BCUT2D eigenvalue weighted by Crippen LogP contribution is -2.59. The fourth-order valence-corrected chi connectivity index (χ4v) is 3.21. The SMILES string of the molecule is FC(F)(F)CN1CC(C2CC2)NCC1Cc1ccccc1. The molecule has 21 heavy (non-hydrogen) atoms. The number of rotatable bonds is 4. The molecule has 1 aromatic rings. The lowest BCUT2D eigenvalue weighted by molar-refractivity contribution is -0.154. The van der Waals surface area contributed by atoms with Crippen LogP contribution in [0.3, 0.4) is 0 Å². The van der Waals surface area contributed by atoms with Crippen molar-refractivity contribution in [1.29, 1.82) is 0 Å². The van der Waals surface area contributed by atoms with Crippen LogP contribution in [-0.2, 0) is 6.42 Å². The van der Waals surface area contributed by atoms with Crippen LogP contribution in [0.5, 0.6) is 0 Å². The van der Waals surface area contributed by atoms with Gasteiger partial charge >= 0.3 is 6.18 Å². The zero-order chi connectivity index (χ0) is 14.9. The minimum absolute atomic E-state index is 0.0796. The Kier molecular flexibility index (Phi) is 4.22. The van der Waals surface area contributed by atoms with Crippen LogP contribution in [0.15, 0.2) is 30.3 Å². The Morgan fingerprint density at radius 3 is 2.48 bits per heavy atom. The summed E-state index contributed by atoms with van der Waals surface area (Å²) in [4.78, 5) is 1.63. The molecule has 1 saturated heterocycles. The smallest absolute Gasteiger partial charge is 0.311 e. The monoisotopic (exact) mass is 298 g/mol. The average Bonchev–Trinajstić information content (AvgIpc) is 3.25. The first-order chi connectivity index (χ1) is 10.0. The van der Waals surface area contributed by atoms with Gasteiger partial charge in [0.1, 0.15) is 0 Å². The molecule has 3 rings (SSSR count). The Hall–Kier alpha value is -1.07. The molecule has 1 N–H and O–H groups in total. The van der Waals surface area contributed by atoms with E-state index in [9.17, 15) is 13.2 Å². The van der Waals surface area contributed by atoms with E-state index in [4.69, 9.17) is 0 Å². The first-order valence-electron chi connectivity index (χ1n) is 7.59. The van der Waals surface area contributed by atoms with Gasteiger partial charge in [-0.25, -0.2) is 0 Å². The Labute approximate surface area is 123 Å². The average molecular weight is 298 g/mol. The highest BCUT2D eigenvalue weighted by molar-refractivity contribution is 5.16. The van der Waals surface area contributed by atoms with Gasteiger partial charge in [-0.05, 0) is 30.7 Å². The second-order valence-corrected chi connectivity index (χ2v) is 6.24. The maximum atomic E-state index is 12.8. The summed E-state index contributed by atoms with van der Waals surface area (Å²) in [7, 11) is 0. The number of nitrogens with zero attached hydrogens (tertiary/aromatic N) is 1. The summed E-state index contributed by atoms with van der Waals surface area (Å²) in [6, 6.07) is 9.93. The van der Waals surface area contributed by atoms with Gasteiger partial charge in [0.05, 0.1) is 6.54 Å². The number of nitrogens with one attached hydrogen (secondary N) is 1. The summed E-state index contributed by atoms with van der Waals surface area (Å²) in [5, 5.41) is 3.46. The van der Waals surface area contributed by atoms with Crippen molar-refractivity contribution in [1.82, 2.24) is 10.2 Å². The molecule has 0 spiro atoms. The lowest BCUT2D eigenvalue weighted by Gasteiger charge is -2.41. The first kappa shape index (κ1) is 14.9. The van der Waals surface area contributed by atoms with Gasteiger partial charge in [0.25, 0.3) is 0 Å². The molecule has 1 heterocycles. The molecule has 2 fully saturated rings. The van der Waals surface area contributed by atoms with E-state index in [2.05, 4.69) is 5.32 Å². The molecule has 2 unspecified atom stereocenters. The van der Waals surface area contributed by atoms with E-state index in [-0.39, 0.29) is 12.1 Å². The fourth-order valence-electron chi connectivity index (χ4n) is 3.21. The van der Waals surface area contributed by atoms with Crippen LogP contribution in [0, 0.1) is 5.92 Å². The summed E-state index contributed by atoms with van der Waals surface area (Å²) in [5.74, 6) is 0.582. The molecule has 2 nitrogen and oxygen atoms in total. The van der Waals surface area contributed by atoms with E-state index < -0.39 is 12.7 Å². The van der Waals surface area contributed by atoms with Crippen LogP contribution in [0.4, 0.5) is 13.2 Å². The van der Waals surface area contributed by atoms with Crippen LogP contribution in [0.1, 0.15) is 18.4 Å². The van der Waals surface area contributed by atoms with Crippen molar-refractivity contribution < 1.29 is 13.2 Å². The Bertz CT molecular complexity index is 456. The Morgan fingerprint density at radius 1 is 1.14 bits per heavy atom.